The summed E-state index contributed by atoms with van der Waals surface area (Å²) in [6.45, 7) is -0.112. The van der Waals surface area contributed by atoms with Crippen LogP contribution in [0.5, 0.6) is 0 Å². The van der Waals surface area contributed by atoms with Gasteiger partial charge in [0.15, 0.2) is 0 Å². The molecule has 2 aromatic carbocycles. The first-order chi connectivity index (χ1) is 13.1. The van der Waals surface area contributed by atoms with Gasteiger partial charge in [0.25, 0.3) is 0 Å². The lowest BCUT2D eigenvalue weighted by Gasteiger charge is -2.23. The summed E-state index contributed by atoms with van der Waals surface area (Å²) < 4.78 is 10.6. The van der Waals surface area contributed by atoms with Gasteiger partial charge < -0.3 is 19.7 Å². The van der Waals surface area contributed by atoms with E-state index in [1.165, 1.54) is 0 Å². The van der Waals surface area contributed by atoms with Crippen LogP contribution < -0.4 is 0 Å². The Balaban J connectivity index is 1.58. The van der Waals surface area contributed by atoms with Crippen molar-refractivity contribution in [3.8, 4) is 0 Å². The molecular weight excluding hydrogens is 348 g/mol. The minimum Gasteiger partial charge on any atom is -0.462 e. The summed E-state index contributed by atoms with van der Waals surface area (Å²) in [4.78, 5) is 24.2. The molecule has 0 amide bonds. The van der Waals surface area contributed by atoms with Gasteiger partial charge in [-0.1, -0.05) is 36.4 Å². The SMILES string of the molecule is O=C(OC[C@H]1[C@H](COC(=O)c2ccccc2)[C@H](O)C[C@H]1O)c1ccccc1. The van der Waals surface area contributed by atoms with Crippen molar-refractivity contribution in [3.05, 3.63) is 71.8 Å². The second-order valence-corrected chi connectivity index (χ2v) is 6.63. The molecule has 1 saturated carbocycles. The number of carbonyl (C=O) groups excluding carboxylic acids is 2. The van der Waals surface area contributed by atoms with Crippen molar-refractivity contribution in [2.75, 3.05) is 13.2 Å². The third kappa shape index (κ3) is 4.72. The summed E-state index contributed by atoms with van der Waals surface area (Å²) in [5.74, 6) is -2.00. The molecule has 0 radical (unpaired) electrons. The highest BCUT2D eigenvalue weighted by molar-refractivity contribution is 5.89. The van der Waals surface area contributed by atoms with E-state index >= 15 is 0 Å². The lowest BCUT2D eigenvalue weighted by atomic mass is 9.95. The first-order valence-electron chi connectivity index (χ1n) is 8.86. The molecule has 1 aliphatic carbocycles. The number of rotatable bonds is 6. The normalized spacial score (nSPS) is 24.4. The Labute approximate surface area is 157 Å². The Morgan fingerprint density at radius 1 is 0.741 bits per heavy atom. The highest BCUT2D eigenvalue weighted by Gasteiger charge is 2.43. The zero-order valence-corrected chi connectivity index (χ0v) is 14.7. The minimum absolute atomic E-state index is 0.0560. The third-order valence-electron chi connectivity index (χ3n) is 4.85. The second-order valence-electron chi connectivity index (χ2n) is 6.63. The molecule has 0 unspecified atom stereocenters. The van der Waals surface area contributed by atoms with Crippen LogP contribution in [0.25, 0.3) is 0 Å². The largest absolute Gasteiger partial charge is 0.462 e. The zero-order chi connectivity index (χ0) is 19.2. The molecule has 1 aliphatic rings. The Bertz CT molecular complexity index is 695. The second kappa shape index (κ2) is 8.79. The molecule has 0 heterocycles. The highest BCUT2D eigenvalue weighted by atomic mass is 16.5. The van der Waals surface area contributed by atoms with E-state index in [1.54, 1.807) is 60.7 Å². The van der Waals surface area contributed by atoms with E-state index in [2.05, 4.69) is 0 Å². The summed E-state index contributed by atoms with van der Waals surface area (Å²) in [5, 5.41) is 20.4. The van der Waals surface area contributed by atoms with Crippen molar-refractivity contribution in [2.45, 2.75) is 18.6 Å². The minimum atomic E-state index is -0.830. The lowest BCUT2D eigenvalue weighted by molar-refractivity contribution is -0.00196. The molecule has 3 rings (SSSR count). The van der Waals surface area contributed by atoms with Gasteiger partial charge in [-0.3, -0.25) is 0 Å². The highest BCUT2D eigenvalue weighted by Crippen LogP contribution is 2.33. The Hall–Kier alpha value is -2.70. The van der Waals surface area contributed by atoms with E-state index in [0.29, 0.717) is 11.1 Å². The van der Waals surface area contributed by atoms with Gasteiger partial charge in [-0.2, -0.15) is 0 Å². The molecule has 6 heteroatoms. The van der Waals surface area contributed by atoms with E-state index in [9.17, 15) is 19.8 Å². The van der Waals surface area contributed by atoms with Gasteiger partial charge in [0.05, 0.1) is 36.5 Å². The Kier molecular flexibility index (Phi) is 6.21. The predicted octanol–water partition coefficient (Wildman–Crippen LogP) is 2.06. The van der Waals surface area contributed by atoms with Gasteiger partial charge in [-0.25, -0.2) is 9.59 Å². The van der Waals surface area contributed by atoms with E-state index in [4.69, 9.17) is 9.47 Å². The average Bonchev–Trinajstić information content (AvgIpc) is 2.97. The molecule has 0 aromatic heterocycles. The van der Waals surface area contributed by atoms with Crippen LogP contribution in [0.3, 0.4) is 0 Å². The number of aliphatic hydroxyl groups excluding tert-OH is 2. The summed E-state index contributed by atoms with van der Waals surface area (Å²) in [5.41, 5.74) is 0.829. The number of esters is 2. The van der Waals surface area contributed by atoms with E-state index in [1.807, 2.05) is 0 Å². The van der Waals surface area contributed by atoms with Gasteiger partial charge in [0.1, 0.15) is 0 Å². The molecule has 0 aliphatic heterocycles. The van der Waals surface area contributed by atoms with E-state index in [-0.39, 0.29) is 19.6 Å². The summed E-state index contributed by atoms with van der Waals surface area (Å²) >= 11 is 0. The molecule has 2 aromatic rings. The lowest BCUT2D eigenvalue weighted by Crippen LogP contribution is -2.32. The van der Waals surface area contributed by atoms with Crippen LogP contribution in [-0.2, 0) is 9.47 Å². The monoisotopic (exact) mass is 370 g/mol. The first-order valence-corrected chi connectivity index (χ1v) is 8.86. The van der Waals surface area contributed by atoms with Crippen LogP contribution in [0, 0.1) is 11.8 Å². The number of aliphatic hydroxyl groups is 2. The maximum atomic E-state index is 12.1. The summed E-state index contributed by atoms with van der Waals surface area (Å²) in [6.07, 6.45) is -1.51. The fourth-order valence-corrected chi connectivity index (χ4v) is 3.30. The fraction of sp³-hybridized carbons (Fsp3) is 0.333. The van der Waals surface area contributed by atoms with E-state index < -0.39 is 36.0 Å². The summed E-state index contributed by atoms with van der Waals surface area (Å²) in [6, 6.07) is 17.1. The fourth-order valence-electron chi connectivity index (χ4n) is 3.30. The van der Waals surface area contributed by atoms with Crippen LogP contribution in [0.4, 0.5) is 0 Å². The topological polar surface area (TPSA) is 93.1 Å². The van der Waals surface area contributed by atoms with Crippen LogP contribution in [-0.4, -0.2) is 47.6 Å². The molecule has 0 bridgehead atoms. The van der Waals surface area contributed by atoms with Crippen LogP contribution >= 0.6 is 0 Å². The number of ether oxygens (including phenoxy) is 2. The third-order valence-corrected chi connectivity index (χ3v) is 4.85. The van der Waals surface area contributed by atoms with Crippen molar-refractivity contribution < 1.29 is 29.3 Å². The predicted molar refractivity (Wildman–Crippen MR) is 97.1 cm³/mol. The standard InChI is InChI=1S/C21H22O6/c22-18-11-19(23)17(13-27-21(25)15-9-5-2-6-10-15)16(18)12-26-20(24)14-7-3-1-4-8-14/h1-10,16-19,22-23H,11-13H2/t16-,17-,18+,19+/m0/s1. The maximum absolute atomic E-state index is 12.1. The Morgan fingerprint density at radius 2 is 1.11 bits per heavy atom. The van der Waals surface area contributed by atoms with Gasteiger partial charge in [-0.15, -0.1) is 0 Å². The van der Waals surface area contributed by atoms with Gasteiger partial charge in [-0.05, 0) is 24.3 Å². The number of hydrogen-bond acceptors (Lipinski definition) is 6. The summed E-state index contributed by atoms with van der Waals surface area (Å²) in [7, 11) is 0. The molecule has 0 spiro atoms. The molecule has 4 atom stereocenters. The van der Waals surface area contributed by atoms with Crippen LogP contribution in [0.2, 0.25) is 0 Å². The average molecular weight is 370 g/mol. The molecule has 27 heavy (non-hydrogen) atoms. The van der Waals surface area contributed by atoms with Crippen molar-refractivity contribution in [2.24, 2.45) is 11.8 Å². The van der Waals surface area contributed by atoms with Crippen molar-refractivity contribution >= 4 is 11.9 Å². The van der Waals surface area contributed by atoms with Crippen LogP contribution in [0.1, 0.15) is 27.1 Å². The van der Waals surface area contributed by atoms with Crippen molar-refractivity contribution in [1.29, 1.82) is 0 Å². The van der Waals surface area contributed by atoms with Crippen molar-refractivity contribution in [3.63, 3.8) is 0 Å². The maximum Gasteiger partial charge on any atom is 0.338 e. The quantitative estimate of drug-likeness (QED) is 0.756. The first kappa shape index (κ1) is 19.1. The van der Waals surface area contributed by atoms with Gasteiger partial charge >= 0.3 is 11.9 Å². The molecule has 142 valence electrons. The van der Waals surface area contributed by atoms with Crippen molar-refractivity contribution in [1.82, 2.24) is 0 Å². The number of carbonyl (C=O) groups is 2. The van der Waals surface area contributed by atoms with Gasteiger partial charge in [0.2, 0.25) is 0 Å². The van der Waals surface area contributed by atoms with E-state index in [0.717, 1.165) is 0 Å². The van der Waals surface area contributed by atoms with Crippen LogP contribution in [0.15, 0.2) is 60.7 Å². The molecule has 2 N–H and O–H groups in total. The smallest absolute Gasteiger partial charge is 0.338 e. The Morgan fingerprint density at radius 3 is 1.48 bits per heavy atom. The molecule has 1 fully saturated rings. The number of benzene rings is 2. The van der Waals surface area contributed by atoms with Gasteiger partial charge in [0, 0.05) is 18.3 Å². The molecule has 6 nitrogen and oxygen atoms in total. The molecular formula is C21H22O6. The molecule has 0 saturated heterocycles. The number of hydrogen-bond donors (Lipinski definition) is 2. The zero-order valence-electron chi connectivity index (χ0n) is 14.7.